The number of hydrogen-bond acceptors (Lipinski definition) is 4. The van der Waals surface area contributed by atoms with E-state index in [2.05, 4.69) is 167 Å². The quantitative estimate of drug-likeness (QED) is 0.0630. The van der Waals surface area contributed by atoms with Gasteiger partial charge in [-0.15, -0.1) is 0 Å². The average Bonchev–Trinajstić information content (AvgIpc) is 3.51. The van der Waals surface area contributed by atoms with Crippen LogP contribution in [0.5, 0.6) is 0 Å². The smallest absolute Gasteiger partial charge is 0.338 e. The number of rotatable bonds is 9. The normalized spacial score (nSPS) is 13.0. The predicted octanol–water partition coefficient (Wildman–Crippen LogP) is 14.9. The molecule has 0 aromatic heterocycles. The molecular weight excluding hydrogens is 773 g/mol. The number of ether oxygens (including phenoxy) is 2. The number of fused-ring (bicyclic) bond motifs is 3. The molecule has 11 rings (SSSR count). The van der Waals surface area contributed by atoms with Crippen molar-refractivity contribution in [2.45, 2.75) is 39.5 Å². The molecule has 0 N–H and O–H groups in total. The van der Waals surface area contributed by atoms with Crippen molar-refractivity contribution in [3.05, 3.63) is 187 Å². The summed E-state index contributed by atoms with van der Waals surface area (Å²) in [4.78, 5) is 24.3. The van der Waals surface area contributed by atoms with Crippen LogP contribution in [-0.4, -0.2) is 18.5 Å². The fourth-order valence-electron chi connectivity index (χ4n) is 10.2. The molecule has 0 aliphatic heterocycles. The van der Waals surface area contributed by atoms with Gasteiger partial charge in [-0.3, -0.25) is 0 Å². The van der Waals surface area contributed by atoms with Gasteiger partial charge in [0.15, 0.2) is 0 Å². The van der Waals surface area contributed by atoms with Gasteiger partial charge in [0.1, 0.15) is 5.76 Å². The summed E-state index contributed by atoms with van der Waals surface area (Å²) < 4.78 is 10.9. The molecule has 0 fully saturated rings. The molecule has 4 nitrogen and oxygen atoms in total. The summed E-state index contributed by atoms with van der Waals surface area (Å²) in [5.74, 6) is -0.517. The third kappa shape index (κ3) is 5.96. The highest BCUT2D eigenvalue weighted by atomic mass is 16.5. The van der Waals surface area contributed by atoms with Gasteiger partial charge in [0.05, 0.1) is 6.61 Å². The number of benzene rings is 10. The minimum Gasteiger partial charge on any atom is -0.462 e. The monoisotopic (exact) mass is 816 g/mol. The highest BCUT2D eigenvalue weighted by molar-refractivity contribution is 6.27. The maximum Gasteiger partial charge on any atom is 0.338 e. The van der Waals surface area contributed by atoms with Gasteiger partial charge in [0.2, 0.25) is 0 Å². The fraction of sp³-hybridized carbons (Fsp3) is 0.119. The zero-order valence-electron chi connectivity index (χ0n) is 35.9. The van der Waals surface area contributed by atoms with Crippen molar-refractivity contribution in [3.63, 3.8) is 0 Å². The van der Waals surface area contributed by atoms with Crippen LogP contribution in [0.4, 0.5) is 0 Å². The molecule has 0 spiro atoms. The summed E-state index contributed by atoms with van der Waals surface area (Å²) in [7, 11) is 0. The Hall–Kier alpha value is -7.56. The van der Waals surface area contributed by atoms with Gasteiger partial charge in [-0.05, 0) is 153 Å². The second-order valence-electron chi connectivity index (χ2n) is 17.9. The summed E-state index contributed by atoms with van der Waals surface area (Å²) in [6.07, 6.45) is 0.644. The third-order valence-electron chi connectivity index (χ3n) is 13.4. The van der Waals surface area contributed by atoms with Crippen LogP contribution >= 0.6 is 0 Å². The lowest BCUT2D eigenvalue weighted by atomic mass is 9.80. The average molecular weight is 817 g/mol. The molecular formula is C59H44O4. The fourth-order valence-corrected chi connectivity index (χ4v) is 10.2. The Morgan fingerprint density at radius 3 is 1.41 bits per heavy atom. The zero-order chi connectivity index (χ0) is 43.5. The van der Waals surface area contributed by atoms with Crippen LogP contribution < -0.4 is 0 Å². The maximum atomic E-state index is 12.3. The van der Waals surface area contributed by atoms with E-state index < -0.39 is 5.97 Å². The molecule has 0 saturated carbocycles. The predicted molar refractivity (Wildman–Crippen MR) is 262 cm³/mol. The van der Waals surface area contributed by atoms with Gasteiger partial charge in [-0.1, -0.05) is 143 Å². The molecule has 4 heteroatoms. The van der Waals surface area contributed by atoms with E-state index in [0.29, 0.717) is 29.9 Å². The van der Waals surface area contributed by atoms with Gasteiger partial charge < -0.3 is 9.47 Å². The Morgan fingerprint density at radius 1 is 0.492 bits per heavy atom. The van der Waals surface area contributed by atoms with Gasteiger partial charge in [-0.25, -0.2) is 9.59 Å². The summed E-state index contributed by atoms with van der Waals surface area (Å²) in [6.45, 7) is 19.8. The van der Waals surface area contributed by atoms with E-state index in [1.54, 1.807) is 13.8 Å². The van der Waals surface area contributed by atoms with Gasteiger partial charge in [0, 0.05) is 28.5 Å². The van der Waals surface area contributed by atoms with Crippen molar-refractivity contribution < 1.29 is 19.1 Å². The Morgan fingerprint density at radius 2 is 0.921 bits per heavy atom. The summed E-state index contributed by atoms with van der Waals surface area (Å²) in [5.41, 5.74) is 12.5. The molecule has 0 bridgehead atoms. The van der Waals surface area contributed by atoms with E-state index in [0.717, 1.165) is 21.9 Å². The highest BCUT2D eigenvalue weighted by Gasteiger charge is 2.36. The summed E-state index contributed by atoms with van der Waals surface area (Å²) >= 11 is 0. The van der Waals surface area contributed by atoms with Crippen LogP contribution in [0, 0.1) is 0 Å². The molecule has 63 heavy (non-hydrogen) atoms. The molecule has 0 saturated heterocycles. The van der Waals surface area contributed by atoms with Crippen molar-refractivity contribution in [3.8, 4) is 33.4 Å². The maximum absolute atomic E-state index is 12.3. The lowest BCUT2D eigenvalue weighted by molar-refractivity contribution is -0.138. The Labute approximate surface area is 366 Å². The minimum atomic E-state index is -0.478. The topological polar surface area (TPSA) is 52.6 Å². The molecule has 1 aliphatic rings. The van der Waals surface area contributed by atoms with E-state index >= 15 is 0 Å². The van der Waals surface area contributed by atoms with E-state index in [9.17, 15) is 9.59 Å². The lowest BCUT2D eigenvalue weighted by Gasteiger charge is -2.23. The number of carbonyl (C=O) groups is 2. The number of esters is 2. The summed E-state index contributed by atoms with van der Waals surface area (Å²) in [5, 5.41) is 14.3. The first-order valence-electron chi connectivity index (χ1n) is 21.5. The number of hydrogen-bond donors (Lipinski definition) is 0. The SMILES string of the molecule is C=C(C)C(=O)OCCc1cc2ccc3ccc(-c4ccc5c(c4)C(C)(C)c4cc(-c6ccc7ccc8cc(C(=C)OC(=O)C(=C)C)cc9ccc6c7c89)ccc4-5)c4ccc(c1)c2c34. The molecule has 0 heterocycles. The van der Waals surface area contributed by atoms with Crippen LogP contribution in [0.3, 0.4) is 0 Å². The summed E-state index contributed by atoms with van der Waals surface area (Å²) in [6, 6.07) is 49.3. The number of carbonyl (C=O) groups excluding carboxylic acids is 2. The molecule has 1 aliphatic carbocycles. The second-order valence-corrected chi connectivity index (χ2v) is 17.9. The first-order valence-corrected chi connectivity index (χ1v) is 21.5. The van der Waals surface area contributed by atoms with E-state index in [1.807, 2.05) is 0 Å². The van der Waals surface area contributed by atoms with Crippen LogP contribution in [0.15, 0.2) is 164 Å². The van der Waals surface area contributed by atoms with Crippen molar-refractivity contribution in [2.75, 3.05) is 6.61 Å². The van der Waals surface area contributed by atoms with Crippen LogP contribution in [0.1, 0.15) is 49.9 Å². The van der Waals surface area contributed by atoms with Crippen LogP contribution in [0.25, 0.3) is 104 Å². The Balaban J connectivity index is 0.949. The van der Waals surface area contributed by atoms with Crippen molar-refractivity contribution in [2.24, 2.45) is 0 Å². The minimum absolute atomic E-state index is 0.230. The van der Waals surface area contributed by atoms with E-state index in [-0.39, 0.29) is 11.4 Å². The standard InChI is InChI=1S/C59H44O4/c1-32(2)57(60)62-25-24-35-26-40-10-8-36-12-18-45(49-22-16-41(27-35)53(40)55(36)49)38-14-20-47-48-21-15-39(31-52(48)59(6,7)51(47)30-38)46-19-13-37-9-11-42-28-44(34(5)63-58(61)33(3)4)29-43-17-23-50(46)56(37)54(42)43/h8-23,26-31H,1,3,5,24-25H2,2,4,6-7H3. The molecule has 0 unspecified atom stereocenters. The second kappa shape index (κ2) is 14.0. The van der Waals surface area contributed by atoms with Crippen LogP contribution in [-0.2, 0) is 30.9 Å². The highest BCUT2D eigenvalue weighted by Crippen LogP contribution is 2.52. The first-order chi connectivity index (χ1) is 30.3. The molecule has 10 aromatic rings. The van der Waals surface area contributed by atoms with Gasteiger partial charge in [-0.2, -0.15) is 0 Å². The largest absolute Gasteiger partial charge is 0.462 e. The molecule has 304 valence electrons. The van der Waals surface area contributed by atoms with E-state index in [1.165, 1.54) is 98.4 Å². The molecule has 0 radical (unpaired) electrons. The van der Waals surface area contributed by atoms with Gasteiger partial charge >= 0.3 is 11.9 Å². The van der Waals surface area contributed by atoms with E-state index in [4.69, 9.17) is 9.47 Å². The molecule has 0 amide bonds. The Kier molecular flexibility index (Phi) is 8.52. The molecule has 0 atom stereocenters. The third-order valence-corrected chi connectivity index (χ3v) is 13.4. The Bertz CT molecular complexity index is 3620. The lowest BCUT2D eigenvalue weighted by Crippen LogP contribution is -2.15. The van der Waals surface area contributed by atoms with Crippen molar-refractivity contribution in [1.82, 2.24) is 0 Å². The zero-order valence-corrected chi connectivity index (χ0v) is 35.9. The first kappa shape index (κ1) is 38.4. The van der Waals surface area contributed by atoms with Gasteiger partial charge in [0.25, 0.3) is 0 Å². The molecule has 10 aromatic carbocycles. The van der Waals surface area contributed by atoms with Crippen LogP contribution in [0.2, 0.25) is 0 Å². The van der Waals surface area contributed by atoms with Crippen molar-refractivity contribution in [1.29, 1.82) is 0 Å². The van der Waals surface area contributed by atoms with Crippen molar-refractivity contribution >= 4 is 82.3 Å².